The van der Waals surface area contributed by atoms with Gasteiger partial charge in [-0.05, 0) is 36.1 Å². The maximum Gasteiger partial charge on any atom is 0.326 e. The Labute approximate surface area is 229 Å². The molecule has 38 heavy (non-hydrogen) atoms. The molecule has 2 amide bonds. The number of amides is 2. The molecule has 0 saturated carbocycles. The van der Waals surface area contributed by atoms with Gasteiger partial charge < -0.3 is 4.74 Å². The van der Waals surface area contributed by atoms with Gasteiger partial charge in [-0.1, -0.05) is 78.4 Å². The van der Waals surface area contributed by atoms with E-state index in [-0.39, 0.29) is 5.78 Å². The molecule has 3 aliphatic carbocycles. The summed E-state index contributed by atoms with van der Waals surface area (Å²) < 4.78 is 5.35. The van der Waals surface area contributed by atoms with Gasteiger partial charge in [-0.25, -0.2) is 0 Å². The molecule has 192 valence electrons. The summed E-state index contributed by atoms with van der Waals surface area (Å²) in [6, 6.07) is 21.5. The summed E-state index contributed by atoms with van der Waals surface area (Å²) in [6.45, 7) is 2.73. The van der Waals surface area contributed by atoms with E-state index >= 15 is 0 Å². The number of ketones is 1. The first-order valence-corrected chi connectivity index (χ1v) is 13.1. The van der Waals surface area contributed by atoms with E-state index in [9.17, 15) is 19.2 Å². The second kappa shape index (κ2) is 8.52. The molecule has 2 bridgehead atoms. The third-order valence-electron chi connectivity index (χ3n) is 7.98. The molecule has 1 heterocycles. The van der Waals surface area contributed by atoms with Crippen molar-refractivity contribution in [3.05, 3.63) is 106 Å². The van der Waals surface area contributed by atoms with E-state index in [2.05, 4.69) is 0 Å². The molecule has 4 aliphatic rings. The number of halogens is 2. The topological polar surface area (TPSA) is 80.8 Å². The number of ether oxygens (including phenoxy) is 1. The van der Waals surface area contributed by atoms with Crippen LogP contribution in [0.1, 0.15) is 45.1 Å². The van der Waals surface area contributed by atoms with E-state index in [0.29, 0.717) is 27.8 Å². The fourth-order valence-corrected chi connectivity index (χ4v) is 7.35. The number of likely N-dealkylation sites (tertiary alicyclic amines) is 1. The van der Waals surface area contributed by atoms with Crippen molar-refractivity contribution in [1.29, 1.82) is 0 Å². The lowest BCUT2D eigenvalue weighted by molar-refractivity contribution is -0.154. The van der Waals surface area contributed by atoms with Crippen LogP contribution in [0.15, 0.2) is 72.8 Å². The average molecular weight is 548 g/mol. The zero-order chi connectivity index (χ0) is 27.0. The Bertz CT molecular complexity index is 1410. The third kappa shape index (κ3) is 3.20. The normalized spacial score (nSPS) is 27.4. The zero-order valence-electron chi connectivity index (χ0n) is 20.6. The van der Waals surface area contributed by atoms with Crippen LogP contribution in [0.2, 0.25) is 0 Å². The quantitative estimate of drug-likeness (QED) is 0.200. The minimum atomic E-state index is -1.32. The van der Waals surface area contributed by atoms with Crippen LogP contribution in [-0.2, 0) is 28.9 Å². The number of aryl methyl sites for hydroxylation is 1. The number of nitrogens with zero attached hydrogens (tertiary/aromatic N) is 1. The van der Waals surface area contributed by atoms with Crippen LogP contribution in [-0.4, -0.2) is 41.1 Å². The van der Waals surface area contributed by atoms with Gasteiger partial charge in [0.15, 0.2) is 6.10 Å². The standard InChI is InChI=1S/C30H23Cl2NO5/c1-16-11-13-18(14-12-16)26(35)17(2)38-23(34)15-33-27(36)24-25(28(33)37)30(32)20-8-4-3-7-19(20)29(24,31)21-9-5-6-10-22(21)30/h3-14,17,24-25H,15H2,1-2H3/t17-,24-,25-,29?,30?/m0/s1. The number of carbonyl (C=O) groups excluding carboxylic acids is 4. The van der Waals surface area contributed by atoms with Gasteiger partial charge in [0.2, 0.25) is 17.6 Å². The van der Waals surface area contributed by atoms with Crippen LogP contribution in [0.3, 0.4) is 0 Å². The Morgan fingerprint density at radius 2 is 1.24 bits per heavy atom. The highest BCUT2D eigenvalue weighted by Gasteiger charge is 2.73. The molecule has 1 aliphatic heterocycles. The number of imide groups is 1. The highest BCUT2D eigenvalue weighted by Crippen LogP contribution is 2.69. The number of hydrogen-bond acceptors (Lipinski definition) is 5. The highest BCUT2D eigenvalue weighted by molar-refractivity contribution is 6.36. The summed E-state index contributed by atoms with van der Waals surface area (Å²) in [7, 11) is 0. The van der Waals surface area contributed by atoms with Crippen molar-refractivity contribution < 1.29 is 23.9 Å². The fourth-order valence-electron chi connectivity index (χ4n) is 6.25. The number of benzene rings is 3. The molecule has 3 aromatic carbocycles. The van der Waals surface area contributed by atoms with Crippen molar-refractivity contribution in [2.45, 2.75) is 29.7 Å². The van der Waals surface area contributed by atoms with Gasteiger partial charge in [0.25, 0.3) is 0 Å². The van der Waals surface area contributed by atoms with Gasteiger partial charge in [-0.3, -0.25) is 24.1 Å². The maximum atomic E-state index is 13.8. The molecule has 0 N–H and O–H groups in total. The van der Waals surface area contributed by atoms with Crippen molar-refractivity contribution in [2.24, 2.45) is 11.8 Å². The molecule has 8 heteroatoms. The van der Waals surface area contributed by atoms with Crippen LogP contribution >= 0.6 is 23.2 Å². The lowest BCUT2D eigenvalue weighted by Crippen LogP contribution is -2.57. The summed E-state index contributed by atoms with van der Waals surface area (Å²) in [4.78, 5) is 51.5. The minimum absolute atomic E-state index is 0.380. The van der Waals surface area contributed by atoms with Gasteiger partial charge in [0.05, 0.1) is 11.8 Å². The Morgan fingerprint density at radius 3 is 1.66 bits per heavy atom. The van der Waals surface area contributed by atoms with Crippen LogP contribution in [0.4, 0.5) is 0 Å². The van der Waals surface area contributed by atoms with Gasteiger partial charge in [-0.2, -0.15) is 0 Å². The molecule has 0 aromatic heterocycles. The summed E-state index contributed by atoms with van der Waals surface area (Å²) >= 11 is 14.7. The Morgan fingerprint density at radius 1 is 0.816 bits per heavy atom. The molecule has 6 nitrogen and oxygen atoms in total. The Hall–Kier alpha value is -3.48. The van der Waals surface area contributed by atoms with Crippen molar-refractivity contribution in [3.63, 3.8) is 0 Å². The highest BCUT2D eigenvalue weighted by atomic mass is 35.5. The molecule has 3 aromatic rings. The van der Waals surface area contributed by atoms with Crippen molar-refractivity contribution in [2.75, 3.05) is 6.54 Å². The molecule has 7 rings (SSSR count). The second-order valence-corrected chi connectivity index (χ2v) is 11.3. The number of alkyl halides is 2. The van der Waals surface area contributed by atoms with Gasteiger partial charge >= 0.3 is 5.97 Å². The van der Waals surface area contributed by atoms with Crippen LogP contribution in [0, 0.1) is 18.8 Å². The number of rotatable bonds is 5. The Kier molecular flexibility index (Phi) is 5.57. The van der Waals surface area contributed by atoms with Crippen LogP contribution < -0.4 is 0 Å². The largest absolute Gasteiger partial charge is 0.453 e. The molecule has 1 fully saturated rings. The molecular formula is C30H23Cl2NO5. The van der Waals surface area contributed by atoms with E-state index in [1.165, 1.54) is 6.92 Å². The predicted octanol–water partition coefficient (Wildman–Crippen LogP) is 4.70. The Balaban J connectivity index is 1.31. The number of carbonyl (C=O) groups is 4. The van der Waals surface area contributed by atoms with Crippen molar-refractivity contribution in [1.82, 2.24) is 4.90 Å². The van der Waals surface area contributed by atoms with Crippen molar-refractivity contribution in [3.8, 4) is 0 Å². The van der Waals surface area contributed by atoms with E-state index in [0.717, 1.165) is 10.5 Å². The smallest absolute Gasteiger partial charge is 0.326 e. The van der Waals surface area contributed by atoms with E-state index < -0.39 is 52.0 Å². The lowest BCUT2D eigenvalue weighted by atomic mass is 9.54. The summed E-state index contributed by atoms with van der Waals surface area (Å²) in [5.74, 6) is -4.42. The molecule has 0 spiro atoms. The van der Waals surface area contributed by atoms with E-state index in [1.54, 1.807) is 24.3 Å². The fraction of sp³-hybridized carbons (Fsp3) is 0.267. The van der Waals surface area contributed by atoms with Gasteiger partial charge in [0.1, 0.15) is 16.3 Å². The van der Waals surface area contributed by atoms with Gasteiger partial charge in [0, 0.05) is 5.56 Å². The molecule has 1 saturated heterocycles. The first kappa shape index (κ1) is 24.8. The maximum absolute atomic E-state index is 13.8. The lowest BCUT2D eigenvalue weighted by Gasteiger charge is -2.54. The van der Waals surface area contributed by atoms with Gasteiger partial charge in [-0.15, -0.1) is 23.2 Å². The zero-order valence-corrected chi connectivity index (χ0v) is 22.1. The number of hydrogen-bond donors (Lipinski definition) is 0. The first-order valence-electron chi connectivity index (χ1n) is 12.3. The predicted molar refractivity (Wildman–Crippen MR) is 141 cm³/mol. The molecule has 0 radical (unpaired) electrons. The molecule has 0 unspecified atom stereocenters. The van der Waals surface area contributed by atoms with Crippen LogP contribution in [0.5, 0.6) is 0 Å². The monoisotopic (exact) mass is 547 g/mol. The summed E-state index contributed by atoms with van der Waals surface area (Å²) in [6.07, 6.45) is -1.09. The molecular weight excluding hydrogens is 525 g/mol. The SMILES string of the molecule is Cc1ccc(C(=O)[C@H](C)OC(=O)CN2C(=O)[C@@H]3[C@@H](C2=O)C2(Cl)c4ccccc4C3(Cl)c3ccccc32)cc1. The second-order valence-electron chi connectivity index (χ2n) is 10.1. The number of esters is 1. The molecule has 3 atom stereocenters. The van der Waals surface area contributed by atoms with Crippen LogP contribution in [0.25, 0.3) is 0 Å². The summed E-state index contributed by atoms with van der Waals surface area (Å²) in [5.41, 5.74) is 4.11. The van der Waals surface area contributed by atoms with E-state index in [1.807, 2.05) is 55.5 Å². The number of Topliss-reactive ketones (excluding diaryl/α,β-unsaturated/α-hetero) is 1. The van der Waals surface area contributed by atoms with E-state index in [4.69, 9.17) is 27.9 Å². The average Bonchev–Trinajstić information content (AvgIpc) is 3.17. The minimum Gasteiger partial charge on any atom is -0.453 e. The van der Waals surface area contributed by atoms with Crippen molar-refractivity contribution >= 4 is 46.8 Å². The first-order chi connectivity index (χ1) is 18.1. The summed E-state index contributed by atoms with van der Waals surface area (Å²) in [5, 5.41) is 0. The third-order valence-corrected chi connectivity index (χ3v) is 9.26.